The lowest BCUT2D eigenvalue weighted by Gasteiger charge is -2.07. The summed E-state index contributed by atoms with van der Waals surface area (Å²) in [7, 11) is 1.64. The summed E-state index contributed by atoms with van der Waals surface area (Å²) in [6.07, 6.45) is 8.39. The molecular formula is C15H19N3O. The van der Waals surface area contributed by atoms with Gasteiger partial charge in [-0.1, -0.05) is 6.92 Å². The largest absolute Gasteiger partial charge is 0.495 e. The van der Waals surface area contributed by atoms with Gasteiger partial charge in [-0.15, -0.1) is 0 Å². The maximum Gasteiger partial charge on any atom is 0.137 e. The van der Waals surface area contributed by atoms with Crippen LogP contribution in [0.2, 0.25) is 0 Å². The van der Waals surface area contributed by atoms with Crippen molar-refractivity contribution in [2.75, 3.05) is 13.7 Å². The van der Waals surface area contributed by atoms with Crippen molar-refractivity contribution in [1.29, 1.82) is 0 Å². The molecule has 0 radical (unpaired) electrons. The highest BCUT2D eigenvalue weighted by Crippen LogP contribution is 2.22. The van der Waals surface area contributed by atoms with Crippen LogP contribution < -0.4 is 10.1 Å². The number of hydrogen-bond donors (Lipinski definition) is 1. The van der Waals surface area contributed by atoms with Gasteiger partial charge in [-0.2, -0.15) is 0 Å². The highest BCUT2D eigenvalue weighted by molar-refractivity contribution is 5.63. The van der Waals surface area contributed by atoms with Crippen LogP contribution in [0.5, 0.6) is 5.75 Å². The molecule has 0 saturated carbocycles. The molecule has 0 aliphatic heterocycles. The number of pyridine rings is 2. The zero-order valence-electron chi connectivity index (χ0n) is 11.4. The lowest BCUT2D eigenvalue weighted by atomic mass is 10.1. The molecule has 0 bridgehead atoms. The molecule has 2 aromatic rings. The van der Waals surface area contributed by atoms with Crippen LogP contribution in [0, 0.1) is 0 Å². The first-order valence-electron chi connectivity index (χ1n) is 6.47. The van der Waals surface area contributed by atoms with Crippen molar-refractivity contribution in [3.63, 3.8) is 0 Å². The van der Waals surface area contributed by atoms with Gasteiger partial charge in [0, 0.05) is 36.3 Å². The molecule has 1 N–H and O–H groups in total. The number of nitrogens with zero attached hydrogens (tertiary/aromatic N) is 2. The Morgan fingerprint density at radius 1 is 1.05 bits per heavy atom. The second-order valence-corrected chi connectivity index (χ2v) is 4.37. The van der Waals surface area contributed by atoms with Gasteiger partial charge in [0.1, 0.15) is 5.75 Å². The molecule has 4 nitrogen and oxygen atoms in total. The molecule has 0 saturated heterocycles. The second-order valence-electron chi connectivity index (χ2n) is 4.37. The van der Waals surface area contributed by atoms with Crippen LogP contribution in [0.3, 0.4) is 0 Å². The van der Waals surface area contributed by atoms with E-state index in [1.165, 1.54) is 5.56 Å². The Morgan fingerprint density at radius 3 is 2.53 bits per heavy atom. The molecule has 0 aromatic carbocycles. The molecule has 0 aliphatic rings. The van der Waals surface area contributed by atoms with Gasteiger partial charge in [-0.05, 0) is 30.7 Å². The molecule has 0 amide bonds. The SMILES string of the molecule is CCCNCc1cncc(-c2cncc(OC)c2)c1. The highest BCUT2D eigenvalue weighted by atomic mass is 16.5. The number of aromatic nitrogens is 2. The normalized spacial score (nSPS) is 10.4. The number of rotatable bonds is 6. The molecule has 2 aromatic heterocycles. The van der Waals surface area contributed by atoms with E-state index in [0.29, 0.717) is 0 Å². The monoisotopic (exact) mass is 257 g/mol. The zero-order valence-corrected chi connectivity index (χ0v) is 11.4. The zero-order chi connectivity index (χ0) is 13.5. The Morgan fingerprint density at radius 2 is 1.79 bits per heavy atom. The van der Waals surface area contributed by atoms with Crippen LogP contribution in [-0.4, -0.2) is 23.6 Å². The van der Waals surface area contributed by atoms with Crippen LogP contribution in [0.4, 0.5) is 0 Å². The Labute approximate surface area is 113 Å². The van der Waals surface area contributed by atoms with Crippen molar-refractivity contribution in [2.45, 2.75) is 19.9 Å². The lowest BCUT2D eigenvalue weighted by molar-refractivity contribution is 0.413. The summed E-state index contributed by atoms with van der Waals surface area (Å²) in [6, 6.07) is 4.10. The van der Waals surface area contributed by atoms with Crippen LogP contribution in [0.1, 0.15) is 18.9 Å². The Hall–Kier alpha value is -1.94. The van der Waals surface area contributed by atoms with Crippen molar-refractivity contribution < 1.29 is 4.74 Å². The first-order valence-corrected chi connectivity index (χ1v) is 6.47. The van der Waals surface area contributed by atoms with E-state index in [1.807, 2.05) is 24.7 Å². The second kappa shape index (κ2) is 6.85. The van der Waals surface area contributed by atoms with Gasteiger partial charge in [0.25, 0.3) is 0 Å². The summed E-state index contributed by atoms with van der Waals surface area (Å²) in [5.74, 6) is 0.756. The van der Waals surface area contributed by atoms with Gasteiger partial charge >= 0.3 is 0 Å². The molecular weight excluding hydrogens is 238 g/mol. The van der Waals surface area contributed by atoms with Crippen LogP contribution in [0.15, 0.2) is 36.9 Å². The summed E-state index contributed by atoms with van der Waals surface area (Å²) in [5, 5.41) is 3.37. The molecule has 2 rings (SSSR count). The lowest BCUT2D eigenvalue weighted by Crippen LogP contribution is -2.13. The van der Waals surface area contributed by atoms with Gasteiger partial charge in [-0.3, -0.25) is 9.97 Å². The van der Waals surface area contributed by atoms with Gasteiger partial charge in [0.05, 0.1) is 13.3 Å². The molecule has 100 valence electrons. The average Bonchev–Trinajstić information content (AvgIpc) is 2.48. The molecule has 4 heteroatoms. The maximum atomic E-state index is 5.19. The fourth-order valence-corrected chi connectivity index (χ4v) is 1.84. The molecule has 0 fully saturated rings. The fourth-order valence-electron chi connectivity index (χ4n) is 1.84. The van der Waals surface area contributed by atoms with Crippen molar-refractivity contribution in [3.05, 3.63) is 42.5 Å². The Bertz CT molecular complexity index is 528. The third-order valence-electron chi connectivity index (χ3n) is 2.83. The van der Waals surface area contributed by atoms with Gasteiger partial charge in [0.15, 0.2) is 0 Å². The number of hydrogen-bond acceptors (Lipinski definition) is 4. The van der Waals surface area contributed by atoms with Crippen LogP contribution >= 0.6 is 0 Å². The minimum Gasteiger partial charge on any atom is -0.495 e. The van der Waals surface area contributed by atoms with E-state index < -0.39 is 0 Å². The molecule has 0 unspecified atom stereocenters. The third-order valence-corrected chi connectivity index (χ3v) is 2.83. The molecule has 2 heterocycles. The number of methoxy groups -OCH3 is 1. The predicted octanol–water partition coefficient (Wildman–Crippen LogP) is 2.65. The summed E-state index contributed by atoms with van der Waals surface area (Å²) < 4.78 is 5.19. The smallest absolute Gasteiger partial charge is 0.137 e. The van der Waals surface area contributed by atoms with Crippen LogP contribution in [0.25, 0.3) is 11.1 Å². The summed E-state index contributed by atoms with van der Waals surface area (Å²) >= 11 is 0. The van der Waals surface area contributed by atoms with Crippen molar-refractivity contribution in [2.24, 2.45) is 0 Å². The summed E-state index contributed by atoms with van der Waals surface area (Å²) in [4.78, 5) is 8.46. The van der Waals surface area contributed by atoms with Crippen molar-refractivity contribution in [1.82, 2.24) is 15.3 Å². The number of ether oxygens (including phenoxy) is 1. The molecule has 0 aliphatic carbocycles. The van der Waals surface area contributed by atoms with Gasteiger partial charge in [-0.25, -0.2) is 0 Å². The Balaban J connectivity index is 2.17. The topological polar surface area (TPSA) is 47.0 Å². The summed E-state index contributed by atoms with van der Waals surface area (Å²) in [6.45, 7) is 4.01. The first kappa shape index (κ1) is 13.5. The van der Waals surface area contributed by atoms with Crippen molar-refractivity contribution in [3.8, 4) is 16.9 Å². The highest BCUT2D eigenvalue weighted by Gasteiger charge is 2.02. The van der Waals surface area contributed by atoms with Crippen molar-refractivity contribution >= 4 is 0 Å². The molecule has 19 heavy (non-hydrogen) atoms. The van der Waals surface area contributed by atoms with E-state index in [1.54, 1.807) is 13.3 Å². The molecule has 0 spiro atoms. The summed E-state index contributed by atoms with van der Waals surface area (Å²) in [5.41, 5.74) is 3.25. The van der Waals surface area contributed by atoms with E-state index in [-0.39, 0.29) is 0 Å². The number of nitrogens with one attached hydrogen (secondary N) is 1. The average molecular weight is 257 g/mol. The van der Waals surface area contributed by atoms with Gasteiger partial charge in [0.2, 0.25) is 0 Å². The van der Waals surface area contributed by atoms with E-state index in [2.05, 4.69) is 28.3 Å². The minimum atomic E-state index is 0.756. The van der Waals surface area contributed by atoms with E-state index >= 15 is 0 Å². The standard InChI is InChI=1S/C15H19N3O/c1-3-4-16-7-12-5-13(9-17-8-12)14-6-15(19-2)11-18-10-14/h5-6,8-11,16H,3-4,7H2,1-2H3. The van der Waals surface area contributed by atoms with E-state index in [0.717, 1.165) is 36.4 Å². The predicted molar refractivity (Wildman–Crippen MR) is 76.0 cm³/mol. The Kier molecular flexibility index (Phi) is 4.86. The van der Waals surface area contributed by atoms with Gasteiger partial charge < -0.3 is 10.1 Å². The van der Waals surface area contributed by atoms with Crippen LogP contribution in [-0.2, 0) is 6.54 Å². The minimum absolute atomic E-state index is 0.756. The molecule has 0 atom stereocenters. The third kappa shape index (κ3) is 3.76. The van der Waals surface area contributed by atoms with E-state index in [9.17, 15) is 0 Å². The van der Waals surface area contributed by atoms with E-state index in [4.69, 9.17) is 4.74 Å². The maximum absolute atomic E-state index is 5.19. The fraction of sp³-hybridized carbons (Fsp3) is 0.333. The quantitative estimate of drug-likeness (QED) is 0.808. The first-order chi connectivity index (χ1) is 9.33.